The molecule has 6 nitrogen and oxygen atoms in total. The van der Waals surface area contributed by atoms with Gasteiger partial charge in [-0.2, -0.15) is 13.2 Å². The van der Waals surface area contributed by atoms with Crippen molar-refractivity contribution in [2.45, 2.75) is 13.1 Å². The number of amides is 1. The van der Waals surface area contributed by atoms with Crippen LogP contribution >= 0.6 is 0 Å². The van der Waals surface area contributed by atoms with Crippen molar-refractivity contribution in [2.75, 3.05) is 16.3 Å². The minimum Gasteiger partial charge on any atom is -0.323 e. The second-order valence-corrected chi connectivity index (χ2v) is 5.42. The average Bonchev–Trinajstić information content (AvgIpc) is 2.15. The molecule has 1 amide bonds. The molecule has 1 heterocycles. The number of rotatable bonds is 3. The molecule has 0 spiro atoms. The fourth-order valence-corrected chi connectivity index (χ4v) is 1.68. The van der Waals surface area contributed by atoms with Crippen molar-refractivity contribution in [1.82, 2.24) is 4.98 Å². The number of nitrogens with one attached hydrogen (secondary N) is 2. The van der Waals surface area contributed by atoms with Crippen LogP contribution in [-0.2, 0) is 21.0 Å². The van der Waals surface area contributed by atoms with Gasteiger partial charge >= 0.3 is 6.18 Å². The number of nitrogens with zero attached hydrogens (tertiary/aromatic N) is 1. The van der Waals surface area contributed by atoms with Gasteiger partial charge in [-0.05, 0) is 6.07 Å². The van der Waals surface area contributed by atoms with Gasteiger partial charge in [0, 0.05) is 13.1 Å². The Hall–Kier alpha value is -1.84. The molecule has 0 bridgehead atoms. The van der Waals surface area contributed by atoms with Crippen molar-refractivity contribution in [3.8, 4) is 0 Å². The van der Waals surface area contributed by atoms with Gasteiger partial charge in [0.15, 0.2) is 5.82 Å². The molecule has 0 atom stereocenters. The molecule has 0 aliphatic heterocycles. The third kappa shape index (κ3) is 4.73. The van der Waals surface area contributed by atoms with Crippen molar-refractivity contribution in [3.63, 3.8) is 0 Å². The van der Waals surface area contributed by atoms with E-state index in [1.807, 2.05) is 4.72 Å². The van der Waals surface area contributed by atoms with Crippen LogP contribution in [0.3, 0.4) is 0 Å². The number of halogens is 3. The highest BCUT2D eigenvalue weighted by molar-refractivity contribution is 7.92. The summed E-state index contributed by atoms with van der Waals surface area (Å²) in [7, 11) is -3.73. The molecule has 19 heavy (non-hydrogen) atoms. The van der Waals surface area contributed by atoms with E-state index in [-0.39, 0.29) is 11.5 Å². The van der Waals surface area contributed by atoms with Gasteiger partial charge in [0.2, 0.25) is 15.9 Å². The lowest BCUT2D eigenvalue weighted by molar-refractivity contribution is -0.137. The molecule has 0 unspecified atom stereocenters. The smallest absolute Gasteiger partial charge is 0.323 e. The second-order valence-electron chi connectivity index (χ2n) is 3.67. The maximum Gasteiger partial charge on any atom is 0.417 e. The van der Waals surface area contributed by atoms with Crippen LogP contribution in [0.2, 0.25) is 0 Å². The van der Waals surface area contributed by atoms with Gasteiger partial charge in [-0.3, -0.25) is 9.52 Å². The lowest BCUT2D eigenvalue weighted by atomic mass is 10.2. The number of carbonyl (C=O) groups excluding carboxylic acids is 1. The summed E-state index contributed by atoms with van der Waals surface area (Å²) < 4.78 is 61.4. The van der Waals surface area contributed by atoms with Crippen LogP contribution in [0, 0.1) is 0 Å². The molecule has 0 aliphatic rings. The highest BCUT2D eigenvalue weighted by Crippen LogP contribution is 2.32. The molecule has 0 saturated carbocycles. The molecular weight excluding hydrogens is 287 g/mol. The number of hydrogen-bond donors (Lipinski definition) is 2. The predicted molar refractivity (Wildman–Crippen MR) is 62.0 cm³/mol. The average molecular weight is 297 g/mol. The first-order valence-corrected chi connectivity index (χ1v) is 6.71. The molecule has 0 fully saturated rings. The summed E-state index contributed by atoms with van der Waals surface area (Å²) in [5.41, 5.74) is -1.47. The van der Waals surface area contributed by atoms with Crippen LogP contribution in [0.15, 0.2) is 12.3 Å². The van der Waals surface area contributed by atoms with Crippen LogP contribution < -0.4 is 10.0 Å². The first-order chi connectivity index (χ1) is 8.49. The predicted octanol–water partition coefficient (Wildman–Crippen LogP) is 1.43. The first kappa shape index (κ1) is 15.2. The van der Waals surface area contributed by atoms with Crippen molar-refractivity contribution >= 4 is 27.4 Å². The number of pyridine rings is 1. The molecule has 2 N–H and O–H groups in total. The Bertz CT molecular complexity index is 598. The number of sulfonamides is 1. The first-order valence-electron chi connectivity index (χ1n) is 4.81. The number of aromatic nitrogens is 1. The lowest BCUT2D eigenvalue weighted by Crippen LogP contribution is -2.16. The van der Waals surface area contributed by atoms with Crippen molar-refractivity contribution in [1.29, 1.82) is 0 Å². The fraction of sp³-hybridized carbons (Fsp3) is 0.333. The zero-order valence-corrected chi connectivity index (χ0v) is 10.7. The van der Waals surface area contributed by atoms with E-state index >= 15 is 0 Å². The summed E-state index contributed by atoms with van der Waals surface area (Å²) in [5.74, 6) is -1.04. The number of anilines is 2. The van der Waals surface area contributed by atoms with Crippen molar-refractivity contribution < 1.29 is 26.4 Å². The van der Waals surface area contributed by atoms with E-state index in [4.69, 9.17) is 0 Å². The summed E-state index contributed by atoms with van der Waals surface area (Å²) >= 11 is 0. The Labute approximate surface area is 107 Å². The standard InChI is InChI=1S/C9H10F3N3O3S/c1-5(16)14-7-3-6(9(10,11)12)4-13-8(7)15-19(2,17)18/h3-4H,1-2H3,(H,13,15)(H,14,16). The Morgan fingerprint density at radius 3 is 2.37 bits per heavy atom. The van der Waals surface area contributed by atoms with Crippen LogP contribution in [0.25, 0.3) is 0 Å². The Morgan fingerprint density at radius 1 is 1.37 bits per heavy atom. The van der Waals surface area contributed by atoms with E-state index in [1.54, 1.807) is 0 Å². The van der Waals surface area contributed by atoms with Crippen molar-refractivity contribution in [2.24, 2.45) is 0 Å². The van der Waals surface area contributed by atoms with Crippen molar-refractivity contribution in [3.05, 3.63) is 17.8 Å². The molecule has 0 saturated heterocycles. The fourth-order valence-electron chi connectivity index (χ4n) is 1.16. The third-order valence-corrected chi connectivity index (χ3v) is 2.37. The maximum absolute atomic E-state index is 12.5. The molecule has 1 rings (SSSR count). The normalized spacial score (nSPS) is 12.1. The second kappa shape index (κ2) is 5.03. The number of carbonyl (C=O) groups is 1. The molecule has 0 aliphatic carbocycles. The third-order valence-electron chi connectivity index (χ3n) is 1.81. The zero-order chi connectivity index (χ0) is 14.8. The van der Waals surface area contributed by atoms with Gasteiger partial charge in [-0.1, -0.05) is 0 Å². The molecule has 106 valence electrons. The van der Waals surface area contributed by atoms with Gasteiger partial charge in [-0.25, -0.2) is 13.4 Å². The van der Waals surface area contributed by atoms with Crippen LogP contribution in [0.1, 0.15) is 12.5 Å². The van der Waals surface area contributed by atoms with Gasteiger partial charge in [-0.15, -0.1) is 0 Å². The van der Waals surface area contributed by atoms with Crippen LogP contribution in [-0.4, -0.2) is 25.6 Å². The highest BCUT2D eigenvalue weighted by Gasteiger charge is 2.32. The van der Waals surface area contributed by atoms with E-state index in [0.29, 0.717) is 12.3 Å². The quantitative estimate of drug-likeness (QED) is 0.883. The summed E-state index contributed by atoms with van der Waals surface area (Å²) in [6.07, 6.45) is -3.37. The highest BCUT2D eigenvalue weighted by atomic mass is 32.2. The number of alkyl halides is 3. The summed E-state index contributed by atoms with van der Waals surface area (Å²) in [6.45, 7) is 1.07. The zero-order valence-electron chi connectivity index (χ0n) is 9.87. The minimum absolute atomic E-state index is 0.368. The molecular formula is C9H10F3N3O3S. The van der Waals surface area contributed by atoms with Crippen LogP contribution in [0.5, 0.6) is 0 Å². The Morgan fingerprint density at radius 2 is 1.95 bits per heavy atom. The molecule has 10 heteroatoms. The largest absolute Gasteiger partial charge is 0.417 e. The van der Waals surface area contributed by atoms with E-state index < -0.39 is 27.7 Å². The van der Waals surface area contributed by atoms with Gasteiger partial charge < -0.3 is 5.32 Å². The maximum atomic E-state index is 12.5. The Kier molecular flexibility index (Phi) is 4.03. The monoisotopic (exact) mass is 297 g/mol. The Balaban J connectivity index is 3.28. The van der Waals surface area contributed by atoms with Crippen LogP contribution in [0.4, 0.5) is 24.7 Å². The van der Waals surface area contributed by atoms with E-state index in [0.717, 1.165) is 13.2 Å². The van der Waals surface area contributed by atoms with E-state index in [9.17, 15) is 26.4 Å². The summed E-state index contributed by atoms with van der Waals surface area (Å²) in [6, 6.07) is 0.599. The lowest BCUT2D eigenvalue weighted by Gasteiger charge is -2.13. The van der Waals surface area contributed by atoms with Gasteiger partial charge in [0.25, 0.3) is 0 Å². The summed E-state index contributed by atoms with van der Waals surface area (Å²) in [4.78, 5) is 14.3. The molecule has 0 aromatic carbocycles. The molecule has 0 radical (unpaired) electrons. The minimum atomic E-state index is -4.65. The molecule has 1 aromatic rings. The SMILES string of the molecule is CC(=O)Nc1cc(C(F)(F)F)cnc1NS(C)(=O)=O. The van der Waals surface area contributed by atoms with Gasteiger partial charge in [0.1, 0.15) is 0 Å². The number of hydrogen-bond acceptors (Lipinski definition) is 4. The van der Waals surface area contributed by atoms with Gasteiger partial charge in [0.05, 0.1) is 17.5 Å². The topological polar surface area (TPSA) is 88.2 Å². The van der Waals surface area contributed by atoms with E-state index in [2.05, 4.69) is 10.3 Å². The molecule has 1 aromatic heterocycles. The van der Waals surface area contributed by atoms with E-state index in [1.165, 1.54) is 0 Å². The summed E-state index contributed by atoms with van der Waals surface area (Å²) in [5, 5.41) is 2.08.